The lowest BCUT2D eigenvalue weighted by molar-refractivity contribution is 0.415. The van der Waals surface area contributed by atoms with E-state index in [0.29, 0.717) is 12.0 Å². The van der Waals surface area contributed by atoms with E-state index in [1.54, 1.807) is 0 Å². The van der Waals surface area contributed by atoms with E-state index in [0.717, 1.165) is 0 Å². The molecule has 0 saturated heterocycles. The van der Waals surface area contributed by atoms with Gasteiger partial charge < -0.3 is 4.90 Å². The van der Waals surface area contributed by atoms with Crippen LogP contribution in [0.3, 0.4) is 0 Å². The monoisotopic (exact) mass is 207 g/mol. The molecule has 1 aliphatic carbocycles. The summed E-state index contributed by atoms with van der Waals surface area (Å²) in [5.74, 6) is 0.562. The van der Waals surface area contributed by atoms with Crippen molar-refractivity contribution < 1.29 is 0 Å². The van der Waals surface area contributed by atoms with Crippen LogP contribution in [0, 0.1) is 0 Å². The Kier molecular flexibility index (Phi) is 1.40. The summed E-state index contributed by atoms with van der Waals surface area (Å²) < 4.78 is 0. The van der Waals surface area contributed by atoms with Gasteiger partial charge in [0.15, 0.2) is 0 Å². The van der Waals surface area contributed by atoms with Gasteiger partial charge in [0, 0.05) is 18.3 Å². The van der Waals surface area contributed by atoms with Crippen molar-refractivity contribution in [1.29, 1.82) is 0 Å². The Balaban J connectivity index is 2.09. The third kappa shape index (κ3) is 0.827. The zero-order chi connectivity index (χ0) is 10.7. The predicted octanol–water partition coefficient (Wildman–Crippen LogP) is 3.58. The third-order valence-electron chi connectivity index (χ3n) is 4.00. The van der Waals surface area contributed by atoms with Crippen molar-refractivity contribution in [3.63, 3.8) is 0 Å². The van der Waals surface area contributed by atoms with E-state index >= 15 is 0 Å². The van der Waals surface area contributed by atoms with Crippen LogP contribution in [-0.2, 0) is 0 Å². The Morgan fingerprint density at radius 1 is 1.19 bits per heavy atom. The van der Waals surface area contributed by atoms with E-state index in [1.807, 2.05) is 0 Å². The van der Waals surface area contributed by atoms with Gasteiger partial charge in [-0.05, 0) is 34.4 Å². The fourth-order valence-corrected chi connectivity index (χ4v) is 3.22. The molecule has 4 rings (SSSR count). The van der Waals surface area contributed by atoms with Crippen LogP contribution in [0.15, 0.2) is 48.3 Å². The molecule has 0 spiro atoms. The van der Waals surface area contributed by atoms with Gasteiger partial charge in [0.05, 0.1) is 6.04 Å². The van der Waals surface area contributed by atoms with Gasteiger partial charge in [-0.1, -0.05) is 31.2 Å². The normalized spacial score (nSPS) is 28.1. The first kappa shape index (κ1) is 8.40. The summed E-state index contributed by atoms with van der Waals surface area (Å²) in [5, 5.41) is 0. The molecule has 2 atom stereocenters. The quantitative estimate of drug-likeness (QED) is 0.628. The van der Waals surface area contributed by atoms with Crippen LogP contribution < -0.4 is 0 Å². The number of nitrogens with zero attached hydrogens (tertiary/aromatic N) is 1. The van der Waals surface area contributed by atoms with E-state index in [4.69, 9.17) is 0 Å². The van der Waals surface area contributed by atoms with Crippen molar-refractivity contribution in [2.75, 3.05) is 0 Å². The lowest BCUT2D eigenvalue weighted by Crippen LogP contribution is -2.22. The summed E-state index contributed by atoms with van der Waals surface area (Å²) >= 11 is 0. The molecule has 0 N–H and O–H groups in total. The highest BCUT2D eigenvalue weighted by molar-refractivity contribution is 5.67. The summed E-state index contributed by atoms with van der Waals surface area (Å²) in [4.78, 5) is 2.32. The molecule has 0 radical (unpaired) electrons. The molecule has 1 nitrogen and oxygen atoms in total. The SMILES string of the molecule is CC1C2=CC=CN3C=Cc4cccc1c4C23. The molecule has 2 aliphatic heterocycles. The van der Waals surface area contributed by atoms with E-state index in [1.165, 1.54) is 22.3 Å². The highest BCUT2D eigenvalue weighted by atomic mass is 15.1. The van der Waals surface area contributed by atoms with E-state index in [2.05, 4.69) is 60.7 Å². The van der Waals surface area contributed by atoms with Crippen LogP contribution in [-0.4, -0.2) is 4.90 Å². The van der Waals surface area contributed by atoms with Crippen molar-refractivity contribution in [2.45, 2.75) is 18.9 Å². The maximum atomic E-state index is 2.32. The molecule has 0 fully saturated rings. The number of benzene rings is 1. The van der Waals surface area contributed by atoms with Crippen LogP contribution in [0.25, 0.3) is 6.08 Å². The highest BCUT2D eigenvalue weighted by Crippen LogP contribution is 2.52. The topological polar surface area (TPSA) is 3.24 Å². The van der Waals surface area contributed by atoms with E-state index in [9.17, 15) is 0 Å². The van der Waals surface area contributed by atoms with Gasteiger partial charge >= 0.3 is 0 Å². The van der Waals surface area contributed by atoms with Crippen molar-refractivity contribution in [1.82, 2.24) is 4.90 Å². The molecule has 0 aromatic heterocycles. The molecule has 0 saturated carbocycles. The van der Waals surface area contributed by atoms with Gasteiger partial charge in [-0.15, -0.1) is 0 Å². The Morgan fingerprint density at radius 2 is 2.12 bits per heavy atom. The Hall–Kier alpha value is -1.76. The summed E-state index contributed by atoms with van der Waals surface area (Å²) in [6.45, 7) is 2.32. The minimum absolute atomic E-state index is 0.469. The number of hydrogen-bond acceptors (Lipinski definition) is 1. The molecule has 16 heavy (non-hydrogen) atoms. The summed E-state index contributed by atoms with van der Waals surface area (Å²) in [7, 11) is 0. The molecule has 1 aromatic carbocycles. The number of allylic oxidation sites excluding steroid dienone is 2. The second-order valence-corrected chi connectivity index (χ2v) is 4.75. The third-order valence-corrected chi connectivity index (χ3v) is 4.00. The van der Waals surface area contributed by atoms with Crippen LogP contribution in [0.2, 0.25) is 0 Å². The van der Waals surface area contributed by atoms with Gasteiger partial charge in [-0.3, -0.25) is 0 Å². The van der Waals surface area contributed by atoms with Gasteiger partial charge in [0.25, 0.3) is 0 Å². The molecular weight excluding hydrogens is 194 g/mol. The molecule has 2 heterocycles. The lowest BCUT2D eigenvalue weighted by Gasteiger charge is -2.32. The molecule has 0 bridgehead atoms. The largest absolute Gasteiger partial charge is 0.343 e. The van der Waals surface area contributed by atoms with Crippen molar-refractivity contribution in [2.24, 2.45) is 0 Å². The fourth-order valence-electron chi connectivity index (χ4n) is 3.22. The highest BCUT2D eigenvalue weighted by Gasteiger charge is 2.38. The predicted molar refractivity (Wildman–Crippen MR) is 65.7 cm³/mol. The lowest BCUT2D eigenvalue weighted by atomic mass is 9.95. The first-order chi connectivity index (χ1) is 7.86. The van der Waals surface area contributed by atoms with E-state index < -0.39 is 0 Å². The van der Waals surface area contributed by atoms with Crippen LogP contribution in [0.5, 0.6) is 0 Å². The molecule has 2 unspecified atom stereocenters. The molecular formula is C15H13N. The maximum Gasteiger partial charge on any atom is 0.0810 e. The van der Waals surface area contributed by atoms with Crippen LogP contribution in [0.4, 0.5) is 0 Å². The second kappa shape index (κ2) is 2.67. The second-order valence-electron chi connectivity index (χ2n) is 4.75. The van der Waals surface area contributed by atoms with Crippen molar-refractivity contribution >= 4 is 6.08 Å². The first-order valence-corrected chi connectivity index (χ1v) is 5.83. The summed E-state index contributed by atoms with van der Waals surface area (Å²) in [5.41, 5.74) is 5.96. The molecule has 0 amide bonds. The number of rotatable bonds is 0. The Bertz CT molecular complexity index is 563. The van der Waals surface area contributed by atoms with Crippen LogP contribution in [0.1, 0.15) is 35.6 Å². The van der Waals surface area contributed by atoms with Crippen LogP contribution >= 0.6 is 0 Å². The minimum atomic E-state index is 0.469. The van der Waals surface area contributed by atoms with E-state index in [-0.39, 0.29) is 0 Å². The molecule has 1 heteroatoms. The zero-order valence-electron chi connectivity index (χ0n) is 9.22. The smallest absolute Gasteiger partial charge is 0.0810 e. The summed E-state index contributed by atoms with van der Waals surface area (Å²) in [6, 6.07) is 7.15. The molecule has 78 valence electrons. The van der Waals surface area contributed by atoms with Gasteiger partial charge in [0.2, 0.25) is 0 Å². The fraction of sp³-hybridized carbons (Fsp3) is 0.200. The van der Waals surface area contributed by atoms with Gasteiger partial charge in [-0.25, -0.2) is 0 Å². The first-order valence-electron chi connectivity index (χ1n) is 5.83. The van der Waals surface area contributed by atoms with Gasteiger partial charge in [-0.2, -0.15) is 0 Å². The molecule has 1 aromatic rings. The zero-order valence-corrected chi connectivity index (χ0v) is 9.22. The van der Waals surface area contributed by atoms with Crippen molar-refractivity contribution in [3.05, 3.63) is 65.0 Å². The Morgan fingerprint density at radius 3 is 3.06 bits per heavy atom. The summed E-state index contributed by atoms with van der Waals surface area (Å²) in [6.07, 6.45) is 11.0. The van der Waals surface area contributed by atoms with Crippen molar-refractivity contribution in [3.8, 4) is 0 Å². The maximum absolute atomic E-state index is 2.32. The average molecular weight is 207 g/mol. The Labute approximate surface area is 95.4 Å². The van der Waals surface area contributed by atoms with Gasteiger partial charge in [0.1, 0.15) is 0 Å². The molecule has 3 aliphatic rings. The standard InChI is InChI=1S/C15H13N/c1-10-12-5-2-4-11-7-9-16-8-3-6-13(10)15(16)14(11)12/h2-10,15H,1H3. The average Bonchev–Trinajstić information content (AvgIpc) is 2.64. The minimum Gasteiger partial charge on any atom is -0.343 e. The number of hydrogen-bond donors (Lipinski definition) is 0.